The maximum atomic E-state index is 5.05. The first kappa shape index (κ1) is 23.3. The summed E-state index contributed by atoms with van der Waals surface area (Å²) in [5, 5.41) is 6.01. The van der Waals surface area contributed by atoms with E-state index >= 15 is 0 Å². The Morgan fingerprint density at radius 2 is 1.17 bits per heavy atom. The van der Waals surface area contributed by atoms with Gasteiger partial charge >= 0.3 is 0 Å². The van der Waals surface area contributed by atoms with E-state index in [9.17, 15) is 0 Å². The van der Waals surface area contributed by atoms with Gasteiger partial charge in [-0.1, -0.05) is 60.7 Å². The molecule has 0 unspecified atom stereocenters. The Morgan fingerprint density at radius 3 is 1.93 bits per heavy atom. The molecule has 5 nitrogen and oxygen atoms in total. The molecule has 42 heavy (non-hydrogen) atoms. The second-order valence-corrected chi connectivity index (χ2v) is 11.4. The second-order valence-electron chi connectivity index (χ2n) is 10.3. The van der Waals surface area contributed by atoms with Crippen LogP contribution in [0.25, 0.3) is 81.3 Å². The number of hydrogen-bond donors (Lipinski definition) is 0. The van der Waals surface area contributed by atoms with E-state index in [1.165, 1.54) is 36.5 Å². The average Bonchev–Trinajstić information content (AvgIpc) is 3.62. The molecule has 0 aliphatic heterocycles. The van der Waals surface area contributed by atoms with Crippen LogP contribution in [0.3, 0.4) is 0 Å². The van der Waals surface area contributed by atoms with Gasteiger partial charge in [0.1, 0.15) is 0 Å². The number of fused-ring (bicyclic) bond motifs is 9. The zero-order valence-corrected chi connectivity index (χ0v) is 23.1. The van der Waals surface area contributed by atoms with Crippen LogP contribution in [-0.2, 0) is 0 Å². The largest absolute Gasteiger partial charge is 0.306 e. The first-order chi connectivity index (χ1) is 20.8. The molecule has 3 aromatic carbocycles. The smallest absolute Gasteiger partial charge is 0.0948 e. The molecule has 0 aliphatic carbocycles. The van der Waals surface area contributed by atoms with Gasteiger partial charge in [-0.25, -0.2) is 4.98 Å². The van der Waals surface area contributed by atoms with Crippen molar-refractivity contribution in [2.75, 3.05) is 0 Å². The monoisotopic (exact) mass is 555 g/mol. The standard InChI is InChI=1S/C36H21N5S/c1-2-12-32-24(9-1)27-16-15-26-25-14-13-22-8-7-19-39-33(22)34(25)41(35(26)36(27)42-32)23-20-30(28-10-3-5-17-37-28)40-31(21-23)29-11-4-6-18-38-29/h1-21H. The summed E-state index contributed by atoms with van der Waals surface area (Å²) in [7, 11) is 0. The Kier molecular flexibility index (Phi) is 5.00. The molecule has 0 N–H and O–H groups in total. The highest BCUT2D eigenvalue weighted by Crippen LogP contribution is 2.44. The summed E-state index contributed by atoms with van der Waals surface area (Å²) in [5.41, 5.74) is 7.43. The number of pyridine rings is 4. The predicted octanol–water partition coefficient (Wildman–Crippen LogP) is 9.22. The lowest BCUT2D eigenvalue weighted by Gasteiger charge is -2.13. The number of nitrogens with zero attached hydrogens (tertiary/aromatic N) is 5. The van der Waals surface area contributed by atoms with Crippen molar-refractivity contribution in [3.05, 3.63) is 128 Å². The van der Waals surface area contributed by atoms with Crippen LogP contribution >= 0.6 is 11.3 Å². The minimum Gasteiger partial charge on any atom is -0.306 e. The topological polar surface area (TPSA) is 56.5 Å². The number of thiophene rings is 1. The Bertz CT molecular complexity index is 2400. The van der Waals surface area contributed by atoms with Gasteiger partial charge in [0, 0.05) is 50.2 Å². The molecular formula is C36H21N5S. The molecule has 0 aliphatic rings. The molecule has 0 bridgehead atoms. The number of rotatable bonds is 3. The van der Waals surface area contributed by atoms with Gasteiger partial charge in [0.2, 0.25) is 0 Å². The minimum absolute atomic E-state index is 0.792. The zero-order chi connectivity index (χ0) is 27.6. The fourth-order valence-corrected chi connectivity index (χ4v) is 7.33. The van der Waals surface area contributed by atoms with E-state index in [1.54, 1.807) is 0 Å². The lowest BCUT2D eigenvalue weighted by Crippen LogP contribution is -2.00. The van der Waals surface area contributed by atoms with Crippen LogP contribution < -0.4 is 0 Å². The van der Waals surface area contributed by atoms with Crippen molar-refractivity contribution >= 4 is 64.2 Å². The summed E-state index contributed by atoms with van der Waals surface area (Å²) in [5.74, 6) is 0. The van der Waals surface area contributed by atoms with Crippen molar-refractivity contribution < 1.29 is 0 Å². The van der Waals surface area contributed by atoms with E-state index in [0.29, 0.717) is 0 Å². The third-order valence-corrected chi connectivity index (χ3v) is 9.12. The van der Waals surface area contributed by atoms with Crippen molar-refractivity contribution in [3.63, 3.8) is 0 Å². The van der Waals surface area contributed by atoms with E-state index in [2.05, 4.69) is 81.3 Å². The Morgan fingerprint density at radius 1 is 0.500 bits per heavy atom. The molecule has 0 atom stereocenters. The number of benzene rings is 3. The van der Waals surface area contributed by atoms with Crippen LogP contribution in [0.1, 0.15) is 0 Å². The molecule has 0 saturated heterocycles. The highest BCUT2D eigenvalue weighted by molar-refractivity contribution is 7.26. The molecule has 0 fully saturated rings. The second kappa shape index (κ2) is 9.03. The summed E-state index contributed by atoms with van der Waals surface area (Å²) in [6.45, 7) is 0. The third kappa shape index (κ3) is 3.42. The molecule has 9 aromatic rings. The summed E-state index contributed by atoms with van der Waals surface area (Å²) in [6, 6.07) is 37.9. The fourth-order valence-electron chi connectivity index (χ4n) is 6.09. The number of hydrogen-bond acceptors (Lipinski definition) is 5. The normalized spacial score (nSPS) is 11.8. The van der Waals surface area contributed by atoms with Gasteiger partial charge in [0.05, 0.1) is 49.7 Å². The zero-order valence-electron chi connectivity index (χ0n) is 22.3. The first-order valence-corrected chi connectivity index (χ1v) is 14.6. The van der Waals surface area contributed by atoms with E-state index in [-0.39, 0.29) is 0 Å². The van der Waals surface area contributed by atoms with Crippen molar-refractivity contribution in [2.45, 2.75) is 0 Å². The van der Waals surface area contributed by atoms with Gasteiger partial charge in [0.15, 0.2) is 0 Å². The predicted molar refractivity (Wildman–Crippen MR) is 173 cm³/mol. The van der Waals surface area contributed by atoms with Gasteiger partial charge in [0.25, 0.3) is 0 Å². The van der Waals surface area contributed by atoms with Crippen LogP contribution in [0.15, 0.2) is 128 Å². The van der Waals surface area contributed by atoms with Crippen LogP contribution in [-0.4, -0.2) is 24.5 Å². The molecule has 0 radical (unpaired) electrons. The van der Waals surface area contributed by atoms with Crippen LogP contribution in [0.2, 0.25) is 0 Å². The SMILES string of the molecule is c1ccc(-c2cc(-n3c4c(ccc5cccnc54)c4ccc5c6ccccc6sc5c43)cc(-c3ccccn3)n2)nc1. The van der Waals surface area contributed by atoms with E-state index in [4.69, 9.17) is 9.97 Å². The van der Waals surface area contributed by atoms with Gasteiger partial charge < -0.3 is 4.57 Å². The van der Waals surface area contributed by atoms with Crippen LogP contribution in [0.4, 0.5) is 0 Å². The summed E-state index contributed by atoms with van der Waals surface area (Å²) < 4.78 is 4.92. The van der Waals surface area contributed by atoms with Gasteiger partial charge in [-0.2, -0.15) is 0 Å². The fraction of sp³-hybridized carbons (Fsp3) is 0. The molecule has 0 amide bonds. The highest BCUT2D eigenvalue weighted by atomic mass is 32.1. The molecule has 6 heterocycles. The van der Waals surface area contributed by atoms with Gasteiger partial charge in [-0.15, -0.1) is 11.3 Å². The maximum absolute atomic E-state index is 5.05. The van der Waals surface area contributed by atoms with E-state index in [1.807, 2.05) is 72.4 Å². The Labute approximate surface area is 244 Å². The van der Waals surface area contributed by atoms with E-state index in [0.717, 1.165) is 44.9 Å². The molecule has 196 valence electrons. The molecule has 9 rings (SSSR count). The van der Waals surface area contributed by atoms with Crippen molar-refractivity contribution in [1.82, 2.24) is 24.5 Å². The van der Waals surface area contributed by atoms with Crippen molar-refractivity contribution in [2.24, 2.45) is 0 Å². The molecule has 0 spiro atoms. The summed E-state index contributed by atoms with van der Waals surface area (Å²) >= 11 is 1.84. The molecule has 6 heteroatoms. The summed E-state index contributed by atoms with van der Waals surface area (Å²) in [4.78, 5) is 19.3. The quantitative estimate of drug-likeness (QED) is 0.218. The van der Waals surface area contributed by atoms with Crippen molar-refractivity contribution in [3.8, 4) is 28.5 Å². The maximum Gasteiger partial charge on any atom is 0.0948 e. The van der Waals surface area contributed by atoms with Gasteiger partial charge in [-0.05, 0) is 48.5 Å². The lowest BCUT2D eigenvalue weighted by molar-refractivity contribution is 1.15. The highest BCUT2D eigenvalue weighted by Gasteiger charge is 2.21. The van der Waals surface area contributed by atoms with Crippen molar-refractivity contribution in [1.29, 1.82) is 0 Å². The third-order valence-electron chi connectivity index (χ3n) is 7.93. The van der Waals surface area contributed by atoms with Gasteiger partial charge in [-0.3, -0.25) is 15.0 Å². The van der Waals surface area contributed by atoms with Crippen LogP contribution in [0, 0.1) is 0 Å². The Balaban J connectivity index is 1.49. The summed E-state index contributed by atoms with van der Waals surface area (Å²) in [6.07, 6.45) is 5.50. The average molecular weight is 556 g/mol. The van der Waals surface area contributed by atoms with Crippen LogP contribution in [0.5, 0.6) is 0 Å². The van der Waals surface area contributed by atoms with E-state index < -0.39 is 0 Å². The minimum atomic E-state index is 0.792. The molecular weight excluding hydrogens is 534 g/mol. The lowest BCUT2D eigenvalue weighted by atomic mass is 10.1. The molecule has 0 saturated carbocycles. The first-order valence-electron chi connectivity index (χ1n) is 13.8. The number of aromatic nitrogens is 5. The Hall–Kier alpha value is -5.46. The molecule has 6 aromatic heterocycles.